The third-order valence-corrected chi connectivity index (χ3v) is 4.51. The fraction of sp³-hybridized carbons (Fsp3) is 0.200. The first kappa shape index (κ1) is 19.6. The van der Waals surface area contributed by atoms with Crippen molar-refractivity contribution in [2.75, 3.05) is 26.2 Å². The summed E-state index contributed by atoms with van der Waals surface area (Å²) < 4.78 is 10.0. The number of carbonyl (C=O) groups excluding carboxylic acids is 2. The van der Waals surface area contributed by atoms with Crippen molar-refractivity contribution < 1.29 is 19.1 Å². The van der Waals surface area contributed by atoms with E-state index in [1.54, 1.807) is 49.8 Å². The van der Waals surface area contributed by atoms with E-state index < -0.39 is 5.97 Å². The molecular formula is C20H18ClN3O4. The van der Waals surface area contributed by atoms with E-state index >= 15 is 0 Å². The van der Waals surface area contributed by atoms with Crippen molar-refractivity contribution in [1.29, 1.82) is 0 Å². The van der Waals surface area contributed by atoms with E-state index in [0.29, 0.717) is 21.5 Å². The number of aromatic nitrogens is 2. The van der Waals surface area contributed by atoms with Crippen LogP contribution in [0.5, 0.6) is 5.88 Å². The molecule has 0 spiro atoms. The quantitative estimate of drug-likeness (QED) is 0.612. The Morgan fingerprint density at radius 2 is 1.86 bits per heavy atom. The van der Waals surface area contributed by atoms with Crippen LogP contribution in [0, 0.1) is 0 Å². The van der Waals surface area contributed by atoms with Gasteiger partial charge in [0.2, 0.25) is 11.8 Å². The topological polar surface area (TPSA) is 81.6 Å². The molecule has 0 saturated heterocycles. The number of ether oxygens (including phenoxy) is 2. The fourth-order valence-corrected chi connectivity index (χ4v) is 3.09. The number of amides is 1. The highest BCUT2D eigenvalue weighted by atomic mass is 35.5. The molecule has 0 unspecified atom stereocenters. The third-order valence-electron chi connectivity index (χ3n) is 4.29. The van der Waals surface area contributed by atoms with Gasteiger partial charge in [-0.15, -0.1) is 0 Å². The summed E-state index contributed by atoms with van der Waals surface area (Å²) in [6, 6.07) is 8.46. The lowest BCUT2D eigenvalue weighted by molar-refractivity contribution is -0.117. The molecule has 1 amide bonds. The molecule has 0 radical (unpaired) electrons. The molecule has 0 aliphatic heterocycles. The lowest BCUT2D eigenvalue weighted by Gasteiger charge is -2.18. The number of esters is 1. The summed E-state index contributed by atoms with van der Waals surface area (Å²) in [7, 11) is 4.38. The number of carbonyl (C=O) groups is 2. The molecule has 1 aromatic carbocycles. The largest absolute Gasteiger partial charge is 0.480 e. The Labute approximate surface area is 166 Å². The molecule has 28 heavy (non-hydrogen) atoms. The van der Waals surface area contributed by atoms with Gasteiger partial charge in [0.05, 0.1) is 26.2 Å². The lowest BCUT2D eigenvalue weighted by atomic mass is 10.0. The SMILES string of the molecule is COC(=O)c1cc2cc(Cl)cc(CC(=O)N(C)c3ccncc3)c2nc1OC. The second kappa shape index (κ2) is 8.22. The number of benzene rings is 1. The van der Waals surface area contributed by atoms with Crippen LogP contribution in [-0.4, -0.2) is 43.1 Å². The molecule has 8 heteroatoms. The van der Waals surface area contributed by atoms with Crippen LogP contribution in [0.25, 0.3) is 10.9 Å². The van der Waals surface area contributed by atoms with Crippen LogP contribution < -0.4 is 9.64 Å². The van der Waals surface area contributed by atoms with Gasteiger partial charge in [-0.1, -0.05) is 11.6 Å². The van der Waals surface area contributed by atoms with Crippen molar-refractivity contribution in [3.63, 3.8) is 0 Å². The molecule has 0 atom stereocenters. The molecule has 0 N–H and O–H groups in total. The van der Waals surface area contributed by atoms with Gasteiger partial charge in [-0.2, -0.15) is 0 Å². The standard InChI is InChI=1S/C20H18ClN3O4/c1-24(15-4-6-22-7-5-15)17(25)11-13-9-14(21)8-12-10-16(20(26)28-3)19(27-2)23-18(12)13/h4-10H,11H2,1-3H3. The average molecular weight is 400 g/mol. The summed E-state index contributed by atoms with van der Waals surface area (Å²) >= 11 is 6.23. The highest BCUT2D eigenvalue weighted by Crippen LogP contribution is 2.29. The van der Waals surface area contributed by atoms with Gasteiger partial charge in [0.15, 0.2) is 0 Å². The van der Waals surface area contributed by atoms with Gasteiger partial charge in [0.25, 0.3) is 0 Å². The normalized spacial score (nSPS) is 10.6. The molecule has 0 saturated carbocycles. The molecule has 0 fully saturated rings. The Morgan fingerprint density at radius 3 is 2.50 bits per heavy atom. The summed E-state index contributed by atoms with van der Waals surface area (Å²) in [5.41, 5.74) is 2.07. The van der Waals surface area contributed by atoms with E-state index in [4.69, 9.17) is 21.1 Å². The van der Waals surface area contributed by atoms with Crippen molar-refractivity contribution >= 4 is 40.1 Å². The predicted molar refractivity (Wildman–Crippen MR) is 106 cm³/mol. The monoisotopic (exact) mass is 399 g/mol. The van der Waals surface area contributed by atoms with E-state index in [9.17, 15) is 9.59 Å². The molecule has 7 nitrogen and oxygen atoms in total. The van der Waals surface area contributed by atoms with E-state index in [1.807, 2.05) is 0 Å². The number of methoxy groups -OCH3 is 2. The molecule has 2 heterocycles. The maximum Gasteiger partial charge on any atom is 0.343 e. The smallest absolute Gasteiger partial charge is 0.343 e. The highest BCUT2D eigenvalue weighted by molar-refractivity contribution is 6.31. The van der Waals surface area contributed by atoms with Crippen LogP contribution in [0.1, 0.15) is 15.9 Å². The van der Waals surface area contributed by atoms with Crippen LogP contribution in [0.3, 0.4) is 0 Å². The fourth-order valence-electron chi connectivity index (χ4n) is 2.84. The minimum absolute atomic E-state index is 0.0730. The first-order valence-corrected chi connectivity index (χ1v) is 8.74. The Bertz CT molecular complexity index is 1040. The number of rotatable bonds is 5. The number of fused-ring (bicyclic) bond motifs is 1. The van der Waals surface area contributed by atoms with Crippen LogP contribution in [0.15, 0.2) is 42.7 Å². The van der Waals surface area contributed by atoms with E-state index in [0.717, 1.165) is 5.69 Å². The van der Waals surface area contributed by atoms with E-state index in [2.05, 4.69) is 9.97 Å². The molecule has 3 aromatic rings. The summed E-state index contributed by atoms with van der Waals surface area (Å²) in [4.78, 5) is 34.7. The van der Waals surface area contributed by atoms with Crippen molar-refractivity contribution in [2.24, 2.45) is 0 Å². The number of pyridine rings is 2. The summed E-state index contributed by atoms with van der Waals surface area (Å²) in [6.45, 7) is 0. The van der Waals surface area contributed by atoms with Crippen LogP contribution >= 0.6 is 11.6 Å². The molecule has 0 aliphatic carbocycles. The van der Waals surface area contributed by atoms with Gasteiger partial charge in [-0.25, -0.2) is 9.78 Å². The zero-order valence-electron chi connectivity index (χ0n) is 15.6. The second-order valence-electron chi connectivity index (χ2n) is 6.01. The van der Waals surface area contributed by atoms with Crippen molar-refractivity contribution in [3.05, 3.63) is 58.9 Å². The summed E-state index contributed by atoms with van der Waals surface area (Å²) in [6.07, 6.45) is 3.31. The van der Waals surface area contributed by atoms with Crippen LogP contribution in [0.4, 0.5) is 5.69 Å². The lowest BCUT2D eigenvalue weighted by Crippen LogP contribution is -2.28. The highest BCUT2D eigenvalue weighted by Gasteiger charge is 2.20. The van der Waals surface area contributed by atoms with Crippen LogP contribution in [-0.2, 0) is 16.0 Å². The van der Waals surface area contributed by atoms with Gasteiger partial charge in [0.1, 0.15) is 5.56 Å². The molecule has 2 aromatic heterocycles. The predicted octanol–water partition coefficient (Wildman–Crippen LogP) is 3.28. The number of likely N-dealkylation sites (N-methyl/N-ethyl adjacent to an activating group) is 1. The van der Waals surface area contributed by atoms with Gasteiger partial charge in [-0.3, -0.25) is 9.78 Å². The maximum absolute atomic E-state index is 12.8. The number of nitrogens with zero attached hydrogens (tertiary/aromatic N) is 3. The van der Waals surface area contributed by atoms with Crippen LogP contribution in [0.2, 0.25) is 5.02 Å². The van der Waals surface area contributed by atoms with Crippen molar-refractivity contribution in [2.45, 2.75) is 6.42 Å². The zero-order valence-corrected chi connectivity index (χ0v) is 16.4. The van der Waals surface area contributed by atoms with Gasteiger partial charge in [0, 0.05) is 35.5 Å². The van der Waals surface area contributed by atoms with Gasteiger partial charge < -0.3 is 14.4 Å². The third kappa shape index (κ3) is 3.89. The minimum atomic E-state index is -0.568. The first-order chi connectivity index (χ1) is 13.4. The zero-order chi connectivity index (χ0) is 20.3. The van der Waals surface area contributed by atoms with Gasteiger partial charge in [-0.05, 0) is 35.9 Å². The summed E-state index contributed by atoms with van der Waals surface area (Å²) in [5, 5.41) is 1.05. The minimum Gasteiger partial charge on any atom is -0.480 e. The van der Waals surface area contributed by atoms with E-state index in [-0.39, 0.29) is 23.8 Å². The van der Waals surface area contributed by atoms with Gasteiger partial charge >= 0.3 is 5.97 Å². The Balaban J connectivity index is 2.03. The molecular weight excluding hydrogens is 382 g/mol. The number of anilines is 1. The molecule has 144 valence electrons. The van der Waals surface area contributed by atoms with Crippen molar-refractivity contribution in [3.8, 4) is 5.88 Å². The summed E-state index contributed by atoms with van der Waals surface area (Å²) in [5.74, 6) is -0.591. The number of halogens is 1. The maximum atomic E-state index is 12.8. The van der Waals surface area contributed by atoms with Crippen molar-refractivity contribution in [1.82, 2.24) is 9.97 Å². The van der Waals surface area contributed by atoms with E-state index in [1.165, 1.54) is 19.1 Å². The first-order valence-electron chi connectivity index (χ1n) is 8.36. The Morgan fingerprint density at radius 1 is 1.14 bits per heavy atom. The molecule has 0 aliphatic rings. The Hall–Kier alpha value is -3.19. The molecule has 0 bridgehead atoms. The molecule has 3 rings (SSSR count). The number of hydrogen-bond acceptors (Lipinski definition) is 6. The number of hydrogen-bond donors (Lipinski definition) is 0. The second-order valence-corrected chi connectivity index (χ2v) is 6.44. The Kier molecular flexibility index (Phi) is 5.75. The average Bonchev–Trinajstić information content (AvgIpc) is 2.72.